The Labute approximate surface area is 147 Å². The molecule has 0 bridgehead atoms. The van der Waals surface area contributed by atoms with E-state index in [1.807, 2.05) is 6.07 Å². The lowest BCUT2D eigenvalue weighted by atomic mass is 10.0. The Kier molecular flexibility index (Phi) is 6.15. The topological polar surface area (TPSA) is 61.4 Å². The Morgan fingerprint density at radius 1 is 1.25 bits per heavy atom. The van der Waals surface area contributed by atoms with Crippen LogP contribution in [0, 0.1) is 0 Å². The van der Waals surface area contributed by atoms with Gasteiger partial charge >= 0.3 is 0 Å². The summed E-state index contributed by atoms with van der Waals surface area (Å²) in [5.74, 6) is 1.43. The number of amides is 2. The third-order valence-corrected chi connectivity index (χ3v) is 5.65. The Balaban J connectivity index is 1.43. The van der Waals surface area contributed by atoms with Gasteiger partial charge in [-0.25, -0.2) is 0 Å². The van der Waals surface area contributed by atoms with Crippen molar-refractivity contribution >= 4 is 23.6 Å². The average molecular weight is 347 g/mol. The summed E-state index contributed by atoms with van der Waals surface area (Å²) in [6.07, 6.45) is 2.44. The molecule has 2 aliphatic heterocycles. The molecule has 0 saturated carbocycles. The van der Waals surface area contributed by atoms with Gasteiger partial charge in [0.05, 0.1) is 0 Å². The van der Waals surface area contributed by atoms with Gasteiger partial charge in [-0.05, 0) is 18.4 Å². The number of rotatable bonds is 4. The molecule has 0 aromatic heterocycles. The van der Waals surface area contributed by atoms with Crippen molar-refractivity contribution in [1.82, 2.24) is 15.5 Å². The first-order valence-electron chi connectivity index (χ1n) is 8.64. The van der Waals surface area contributed by atoms with Crippen LogP contribution in [-0.4, -0.2) is 53.4 Å². The van der Waals surface area contributed by atoms with E-state index in [-0.39, 0.29) is 23.9 Å². The Morgan fingerprint density at radius 2 is 2.00 bits per heavy atom. The number of carbonyl (C=O) groups excluding carboxylic acids is 2. The Bertz CT molecular complexity index is 559. The van der Waals surface area contributed by atoms with Gasteiger partial charge in [0, 0.05) is 43.6 Å². The first kappa shape index (κ1) is 17.3. The number of nitrogens with zero attached hydrogens (tertiary/aromatic N) is 1. The van der Waals surface area contributed by atoms with Crippen molar-refractivity contribution in [2.24, 2.45) is 0 Å². The van der Waals surface area contributed by atoms with Crippen LogP contribution in [0.5, 0.6) is 0 Å². The van der Waals surface area contributed by atoms with E-state index in [9.17, 15) is 9.59 Å². The van der Waals surface area contributed by atoms with E-state index in [0.717, 1.165) is 38.2 Å². The van der Waals surface area contributed by atoms with Crippen LogP contribution in [0.2, 0.25) is 0 Å². The largest absolute Gasteiger partial charge is 0.351 e. The fourth-order valence-corrected chi connectivity index (χ4v) is 4.16. The van der Waals surface area contributed by atoms with Gasteiger partial charge in [0.25, 0.3) is 0 Å². The molecule has 3 rings (SSSR count). The zero-order valence-electron chi connectivity index (χ0n) is 13.9. The lowest BCUT2D eigenvalue weighted by molar-refractivity contribution is -0.128. The van der Waals surface area contributed by atoms with E-state index in [2.05, 4.69) is 39.8 Å². The Morgan fingerprint density at radius 3 is 2.75 bits per heavy atom. The number of likely N-dealkylation sites (tertiary alicyclic amines) is 1. The molecule has 0 radical (unpaired) electrons. The highest BCUT2D eigenvalue weighted by Crippen LogP contribution is 2.15. The van der Waals surface area contributed by atoms with Crippen molar-refractivity contribution in [1.29, 1.82) is 0 Å². The second kappa shape index (κ2) is 8.53. The van der Waals surface area contributed by atoms with E-state index in [1.165, 1.54) is 5.56 Å². The molecule has 1 aromatic rings. The highest BCUT2D eigenvalue weighted by Gasteiger charge is 2.27. The van der Waals surface area contributed by atoms with Gasteiger partial charge in [0.15, 0.2) is 0 Å². The van der Waals surface area contributed by atoms with E-state index in [1.54, 1.807) is 11.8 Å². The van der Waals surface area contributed by atoms with E-state index in [0.29, 0.717) is 12.2 Å². The second-order valence-electron chi connectivity index (χ2n) is 6.49. The molecule has 1 atom stereocenters. The molecule has 2 fully saturated rings. The molecular weight excluding hydrogens is 322 g/mol. The highest BCUT2D eigenvalue weighted by molar-refractivity contribution is 7.99. The predicted molar refractivity (Wildman–Crippen MR) is 96.8 cm³/mol. The molecule has 2 aliphatic rings. The Hall–Kier alpha value is -1.53. The van der Waals surface area contributed by atoms with Crippen LogP contribution in [-0.2, 0) is 16.1 Å². The van der Waals surface area contributed by atoms with Crippen molar-refractivity contribution < 1.29 is 9.59 Å². The predicted octanol–water partition coefficient (Wildman–Crippen LogP) is 1.39. The zero-order valence-corrected chi connectivity index (χ0v) is 14.7. The smallest absolute Gasteiger partial charge is 0.243 e. The van der Waals surface area contributed by atoms with Gasteiger partial charge in [-0.1, -0.05) is 30.3 Å². The summed E-state index contributed by atoms with van der Waals surface area (Å²) in [4.78, 5) is 26.4. The molecule has 24 heavy (non-hydrogen) atoms. The molecule has 130 valence electrons. The average Bonchev–Trinajstić information content (AvgIpc) is 2.82. The number of benzene rings is 1. The second-order valence-corrected chi connectivity index (χ2v) is 7.64. The third-order valence-electron chi connectivity index (χ3n) is 4.59. The summed E-state index contributed by atoms with van der Waals surface area (Å²) in [5, 5.41) is 5.96. The molecule has 2 amide bonds. The highest BCUT2D eigenvalue weighted by atomic mass is 32.2. The maximum Gasteiger partial charge on any atom is 0.243 e. The molecular formula is C18H25N3O2S. The van der Waals surface area contributed by atoms with Gasteiger partial charge in [-0.2, -0.15) is 11.8 Å². The third kappa shape index (κ3) is 4.98. The fourth-order valence-electron chi connectivity index (χ4n) is 3.19. The fraction of sp³-hybridized carbons (Fsp3) is 0.556. The van der Waals surface area contributed by atoms with Gasteiger partial charge in [0.2, 0.25) is 11.8 Å². The van der Waals surface area contributed by atoms with Crippen molar-refractivity contribution in [2.45, 2.75) is 37.9 Å². The minimum atomic E-state index is -0.382. The van der Waals surface area contributed by atoms with Gasteiger partial charge in [-0.3, -0.25) is 14.5 Å². The molecule has 0 aliphatic carbocycles. The zero-order chi connectivity index (χ0) is 16.8. The molecule has 1 unspecified atom stereocenters. The first-order valence-corrected chi connectivity index (χ1v) is 9.80. The van der Waals surface area contributed by atoms with E-state index < -0.39 is 0 Å². The van der Waals surface area contributed by atoms with Gasteiger partial charge < -0.3 is 10.6 Å². The van der Waals surface area contributed by atoms with Crippen LogP contribution in [0.25, 0.3) is 0 Å². The number of hydrogen-bond acceptors (Lipinski definition) is 4. The van der Waals surface area contributed by atoms with Crippen LogP contribution in [0.3, 0.4) is 0 Å². The summed E-state index contributed by atoms with van der Waals surface area (Å²) in [5.41, 5.74) is 1.33. The molecule has 2 saturated heterocycles. The van der Waals surface area contributed by atoms with Crippen molar-refractivity contribution in [3.05, 3.63) is 35.9 Å². The monoisotopic (exact) mass is 347 g/mol. The van der Waals surface area contributed by atoms with Crippen molar-refractivity contribution in [3.8, 4) is 0 Å². The molecule has 5 nitrogen and oxygen atoms in total. The standard InChI is InChI=1S/C18H25N3O2S/c22-17-8-11-24-13-16(20-17)18(23)19-15-6-9-21(10-7-15)12-14-4-2-1-3-5-14/h1-5,15-16H,6-13H2,(H,19,23)(H,20,22). The first-order chi connectivity index (χ1) is 11.7. The summed E-state index contributed by atoms with van der Waals surface area (Å²) in [6, 6.07) is 10.3. The van der Waals surface area contributed by atoms with E-state index in [4.69, 9.17) is 0 Å². The number of thioether (sulfide) groups is 1. The molecule has 1 aromatic carbocycles. The van der Waals surface area contributed by atoms with Crippen molar-refractivity contribution in [3.63, 3.8) is 0 Å². The molecule has 0 spiro atoms. The van der Waals surface area contributed by atoms with Gasteiger partial charge in [0.1, 0.15) is 6.04 Å². The summed E-state index contributed by atoms with van der Waals surface area (Å²) in [6.45, 7) is 2.95. The summed E-state index contributed by atoms with van der Waals surface area (Å²) in [7, 11) is 0. The van der Waals surface area contributed by atoms with Gasteiger partial charge in [-0.15, -0.1) is 0 Å². The molecule has 6 heteroatoms. The number of hydrogen-bond donors (Lipinski definition) is 2. The number of piperidine rings is 1. The summed E-state index contributed by atoms with van der Waals surface area (Å²) >= 11 is 1.67. The lowest BCUT2D eigenvalue weighted by Gasteiger charge is -2.33. The van der Waals surface area contributed by atoms with Crippen LogP contribution in [0.15, 0.2) is 30.3 Å². The lowest BCUT2D eigenvalue weighted by Crippen LogP contribution is -2.52. The maximum atomic E-state index is 12.4. The molecule has 2 N–H and O–H groups in total. The number of nitrogens with one attached hydrogen (secondary N) is 2. The van der Waals surface area contributed by atoms with Crippen LogP contribution >= 0.6 is 11.8 Å². The van der Waals surface area contributed by atoms with E-state index >= 15 is 0 Å². The van der Waals surface area contributed by atoms with Crippen LogP contribution in [0.1, 0.15) is 24.8 Å². The summed E-state index contributed by atoms with van der Waals surface area (Å²) < 4.78 is 0. The SMILES string of the molecule is O=C1CCSCC(C(=O)NC2CCN(Cc3ccccc3)CC2)N1. The maximum absolute atomic E-state index is 12.4. The molecule has 2 heterocycles. The number of carbonyl (C=O) groups is 2. The normalized spacial score (nSPS) is 23.3. The van der Waals surface area contributed by atoms with Crippen LogP contribution in [0.4, 0.5) is 0 Å². The minimum absolute atomic E-state index is 0.0159. The van der Waals surface area contributed by atoms with Crippen molar-refractivity contribution in [2.75, 3.05) is 24.6 Å². The minimum Gasteiger partial charge on any atom is -0.351 e. The quantitative estimate of drug-likeness (QED) is 0.864. The van der Waals surface area contributed by atoms with Crippen LogP contribution < -0.4 is 10.6 Å².